The van der Waals surface area contributed by atoms with Gasteiger partial charge in [-0.25, -0.2) is 13.6 Å². The predicted molar refractivity (Wildman–Crippen MR) is 156 cm³/mol. The van der Waals surface area contributed by atoms with Crippen LogP contribution in [0.3, 0.4) is 0 Å². The van der Waals surface area contributed by atoms with Gasteiger partial charge in [0.1, 0.15) is 22.8 Å². The molecule has 1 heterocycles. The fourth-order valence-electron chi connectivity index (χ4n) is 5.69. The van der Waals surface area contributed by atoms with Crippen molar-refractivity contribution in [2.45, 2.75) is 50.6 Å². The molecule has 0 aliphatic carbocycles. The summed E-state index contributed by atoms with van der Waals surface area (Å²) in [4.78, 5) is 25.5. The minimum atomic E-state index is -1.78. The van der Waals surface area contributed by atoms with Gasteiger partial charge in [0.2, 0.25) is 5.91 Å². The van der Waals surface area contributed by atoms with E-state index in [-0.39, 0.29) is 38.2 Å². The zero-order chi connectivity index (χ0) is 31.0. The van der Waals surface area contributed by atoms with E-state index in [2.05, 4.69) is 16.7 Å². The average molecular weight is 616 g/mol. The Morgan fingerprint density at radius 3 is 2.45 bits per heavy atom. The Kier molecular flexibility index (Phi) is 8.84. The van der Waals surface area contributed by atoms with Gasteiger partial charge in [-0.1, -0.05) is 62.2 Å². The van der Waals surface area contributed by atoms with Gasteiger partial charge in [0.15, 0.2) is 0 Å². The van der Waals surface area contributed by atoms with E-state index in [1.807, 2.05) is 20.8 Å². The summed E-state index contributed by atoms with van der Waals surface area (Å²) in [5.41, 5.74) is -2.18. The Morgan fingerprint density at radius 2 is 1.86 bits per heavy atom. The molecule has 0 spiro atoms. The molecule has 0 aromatic heterocycles. The monoisotopic (exact) mass is 615 g/mol. The topological polar surface area (TPSA) is 111 Å². The van der Waals surface area contributed by atoms with Gasteiger partial charge in [-0.05, 0) is 53.8 Å². The Labute approximate surface area is 252 Å². The van der Waals surface area contributed by atoms with Crippen LogP contribution in [0.2, 0.25) is 10.0 Å². The first-order valence-electron chi connectivity index (χ1n) is 13.0. The number of nitrogens with one attached hydrogen (secondary N) is 2. The van der Waals surface area contributed by atoms with Gasteiger partial charge in [0.05, 0.1) is 35.5 Å². The zero-order valence-electron chi connectivity index (χ0n) is 23.3. The quantitative estimate of drug-likeness (QED) is 0.265. The van der Waals surface area contributed by atoms with Gasteiger partial charge < -0.3 is 20.5 Å². The maximum Gasteiger partial charge on any atom is 0.335 e. The third-order valence-corrected chi connectivity index (χ3v) is 7.96. The first kappa shape index (κ1) is 31.2. The maximum atomic E-state index is 15.8. The number of halogens is 4. The number of hydrogen-bond donors (Lipinski definition) is 3. The molecular weight excluding hydrogens is 587 g/mol. The van der Waals surface area contributed by atoms with Crippen LogP contribution in [0, 0.1) is 28.4 Å². The molecule has 1 amide bonds. The smallest absolute Gasteiger partial charge is 0.335 e. The number of benzene rings is 3. The number of carboxylic acid groups (broad SMARTS) is 1. The molecule has 3 N–H and O–H groups in total. The lowest BCUT2D eigenvalue weighted by Gasteiger charge is -2.37. The Balaban J connectivity index is 1.95. The number of hydrogen-bond acceptors (Lipinski definition) is 5. The van der Waals surface area contributed by atoms with Crippen molar-refractivity contribution in [2.75, 3.05) is 12.4 Å². The minimum absolute atomic E-state index is 0.0424. The van der Waals surface area contributed by atoms with Crippen molar-refractivity contribution in [3.63, 3.8) is 0 Å². The highest BCUT2D eigenvalue weighted by atomic mass is 35.5. The molecule has 42 heavy (non-hydrogen) atoms. The van der Waals surface area contributed by atoms with Gasteiger partial charge in [0.25, 0.3) is 0 Å². The molecule has 0 bridgehead atoms. The fourth-order valence-corrected chi connectivity index (χ4v) is 6.04. The van der Waals surface area contributed by atoms with Gasteiger partial charge in [-0.2, -0.15) is 5.26 Å². The first-order chi connectivity index (χ1) is 19.7. The molecule has 4 atom stereocenters. The van der Waals surface area contributed by atoms with Gasteiger partial charge >= 0.3 is 5.97 Å². The summed E-state index contributed by atoms with van der Waals surface area (Å²) in [6.45, 7) is 5.81. The van der Waals surface area contributed by atoms with E-state index >= 15 is 8.78 Å². The highest BCUT2D eigenvalue weighted by molar-refractivity contribution is 6.31. The molecule has 3 aromatic carbocycles. The van der Waals surface area contributed by atoms with Crippen LogP contribution in [0.1, 0.15) is 54.6 Å². The van der Waals surface area contributed by atoms with Crippen molar-refractivity contribution in [3.05, 3.63) is 93.0 Å². The summed E-state index contributed by atoms with van der Waals surface area (Å²) in [5.74, 6) is -4.65. The molecule has 11 heteroatoms. The van der Waals surface area contributed by atoms with Crippen LogP contribution in [-0.2, 0) is 10.2 Å². The number of carbonyl (C=O) groups is 2. The molecule has 220 valence electrons. The molecule has 0 radical (unpaired) electrons. The highest BCUT2D eigenvalue weighted by Crippen LogP contribution is 2.53. The van der Waals surface area contributed by atoms with Crippen LogP contribution >= 0.6 is 23.2 Å². The van der Waals surface area contributed by atoms with Crippen molar-refractivity contribution in [1.82, 2.24) is 5.32 Å². The lowest BCUT2D eigenvalue weighted by atomic mass is 9.62. The molecule has 1 unspecified atom stereocenters. The summed E-state index contributed by atoms with van der Waals surface area (Å²) < 4.78 is 36.8. The first-order valence-corrected chi connectivity index (χ1v) is 13.8. The Morgan fingerprint density at radius 1 is 1.14 bits per heavy atom. The average Bonchev–Trinajstić information content (AvgIpc) is 3.23. The predicted octanol–water partition coefficient (Wildman–Crippen LogP) is 6.94. The molecule has 1 fully saturated rings. The number of carboxylic acids is 1. The van der Waals surface area contributed by atoms with E-state index in [0.29, 0.717) is 6.42 Å². The van der Waals surface area contributed by atoms with Crippen molar-refractivity contribution < 1.29 is 28.2 Å². The number of amides is 1. The number of nitriles is 1. The standard InChI is InChI=1S/C31H29Cl2F2N3O4/c1-30(2,3)14-24-31(15-36,19-10-9-17(32)13-21(19)34)25(18-6-5-7-20(33)26(18)35)27(38-24)28(39)37-22-11-8-16(29(40)41)12-23(22)42-4/h5-13,24-25,27,38H,14H2,1-4H3,(H,37,39)(H,40,41)/t24-,25-,27+,31?/m0/s1. The molecule has 3 aromatic rings. The number of carbonyl (C=O) groups excluding carboxylic acids is 1. The van der Waals surface area contributed by atoms with Crippen LogP contribution in [0.25, 0.3) is 0 Å². The summed E-state index contributed by atoms with van der Waals surface area (Å²) in [7, 11) is 1.32. The number of anilines is 1. The van der Waals surface area contributed by atoms with Crippen LogP contribution in [0.15, 0.2) is 54.6 Å². The maximum absolute atomic E-state index is 15.8. The number of aromatic carboxylic acids is 1. The summed E-state index contributed by atoms with van der Waals surface area (Å²) in [6, 6.07) is 12.3. The summed E-state index contributed by atoms with van der Waals surface area (Å²) >= 11 is 12.2. The van der Waals surface area contributed by atoms with E-state index in [4.69, 9.17) is 27.9 Å². The van der Waals surface area contributed by atoms with E-state index < -0.39 is 52.3 Å². The second-order valence-corrected chi connectivity index (χ2v) is 12.2. The van der Waals surface area contributed by atoms with Crippen LogP contribution in [-0.4, -0.2) is 36.2 Å². The van der Waals surface area contributed by atoms with Crippen LogP contribution in [0.4, 0.5) is 14.5 Å². The largest absolute Gasteiger partial charge is 0.495 e. The second-order valence-electron chi connectivity index (χ2n) is 11.4. The lowest BCUT2D eigenvalue weighted by Crippen LogP contribution is -2.45. The number of rotatable bonds is 7. The van der Waals surface area contributed by atoms with E-state index in [1.54, 1.807) is 0 Å². The SMILES string of the molecule is COc1cc(C(=O)O)ccc1NC(=O)[C@@H]1N[C@@H](CC(C)(C)C)C(C#N)(c2ccc(Cl)cc2F)[C@H]1c1cccc(Cl)c1F. The third kappa shape index (κ3) is 5.80. The fraction of sp³-hybridized carbons (Fsp3) is 0.323. The van der Waals surface area contributed by atoms with Crippen LogP contribution < -0.4 is 15.4 Å². The number of nitrogens with zero attached hydrogens (tertiary/aromatic N) is 1. The zero-order valence-corrected chi connectivity index (χ0v) is 24.8. The molecule has 1 aliphatic heterocycles. The normalized spacial score (nSPS) is 21.9. The molecule has 0 saturated carbocycles. The van der Waals surface area contributed by atoms with Crippen molar-refractivity contribution in [2.24, 2.45) is 5.41 Å². The number of ether oxygens (including phenoxy) is 1. The molecule has 4 rings (SSSR count). The van der Waals surface area contributed by atoms with Crippen molar-refractivity contribution in [3.8, 4) is 11.8 Å². The number of methoxy groups -OCH3 is 1. The third-order valence-electron chi connectivity index (χ3n) is 7.44. The van der Waals surface area contributed by atoms with E-state index in [0.717, 1.165) is 6.07 Å². The molecular formula is C31H29Cl2F2N3O4. The van der Waals surface area contributed by atoms with Crippen molar-refractivity contribution in [1.29, 1.82) is 5.26 Å². The molecule has 1 saturated heterocycles. The summed E-state index contributed by atoms with van der Waals surface area (Å²) in [6.07, 6.45) is 0.307. The lowest BCUT2D eigenvalue weighted by molar-refractivity contribution is -0.118. The summed E-state index contributed by atoms with van der Waals surface area (Å²) in [5, 5.41) is 26.1. The van der Waals surface area contributed by atoms with Crippen LogP contribution in [0.5, 0.6) is 5.75 Å². The van der Waals surface area contributed by atoms with Gasteiger partial charge in [-0.3, -0.25) is 4.79 Å². The Bertz CT molecular complexity index is 1590. The van der Waals surface area contributed by atoms with E-state index in [9.17, 15) is 20.0 Å². The molecule has 7 nitrogen and oxygen atoms in total. The van der Waals surface area contributed by atoms with Crippen molar-refractivity contribution >= 4 is 40.8 Å². The molecule has 1 aliphatic rings. The Hall–Kier alpha value is -3.71. The minimum Gasteiger partial charge on any atom is -0.495 e. The van der Waals surface area contributed by atoms with E-state index in [1.165, 1.54) is 55.6 Å². The second kappa shape index (κ2) is 11.9. The highest BCUT2D eigenvalue weighted by Gasteiger charge is 2.61. The van der Waals surface area contributed by atoms with Gasteiger partial charge in [0, 0.05) is 22.5 Å². The van der Waals surface area contributed by atoms with Gasteiger partial charge in [-0.15, -0.1) is 0 Å².